The standard InChI is InChI=1S/C54H48N4/c1-34(31-56-50(55-8)35-17-23-40(24-18-35)52(2,3)4)37-21-27-44-45-28-22-38(39-32-57-51(58-33-39)36-19-25-41(26-20-36)53(5,6)7)30-49(45)54(48(44)29-37)46-15-11-9-13-42(46)43-14-10-12-16-47(43)54/h9-33H,8H2,1-7H3/b34-31+,56-50?. The van der Waals surface area contributed by atoms with Crippen LogP contribution in [0.25, 0.3) is 50.3 Å². The first-order valence-corrected chi connectivity index (χ1v) is 20.1. The number of allylic oxidation sites excluding steroid dienone is 1. The molecule has 0 unspecified atom stereocenters. The number of fused-ring (bicyclic) bond motifs is 10. The summed E-state index contributed by atoms with van der Waals surface area (Å²) in [5, 5.41) is 0. The molecule has 0 atom stereocenters. The molecule has 4 heteroatoms. The normalized spacial score (nSPS) is 14.2. The molecular formula is C54H48N4. The first-order valence-electron chi connectivity index (χ1n) is 20.1. The highest BCUT2D eigenvalue weighted by Crippen LogP contribution is 2.63. The van der Waals surface area contributed by atoms with Crippen molar-refractivity contribution in [1.82, 2.24) is 9.97 Å². The molecule has 58 heavy (non-hydrogen) atoms. The molecule has 284 valence electrons. The highest BCUT2D eigenvalue weighted by molar-refractivity contribution is 6.02. The van der Waals surface area contributed by atoms with Crippen molar-refractivity contribution in [3.8, 4) is 44.8 Å². The lowest BCUT2D eigenvalue weighted by molar-refractivity contribution is 0.590. The van der Waals surface area contributed by atoms with E-state index in [1.807, 2.05) is 18.6 Å². The van der Waals surface area contributed by atoms with Crippen molar-refractivity contribution < 1.29 is 0 Å². The van der Waals surface area contributed by atoms with E-state index < -0.39 is 5.41 Å². The van der Waals surface area contributed by atoms with Gasteiger partial charge in [0.1, 0.15) is 0 Å². The Balaban J connectivity index is 1.14. The second-order valence-electron chi connectivity index (χ2n) is 17.7. The monoisotopic (exact) mass is 752 g/mol. The third-order valence-corrected chi connectivity index (χ3v) is 12.1. The zero-order chi connectivity index (χ0) is 40.4. The van der Waals surface area contributed by atoms with Gasteiger partial charge in [0, 0.05) is 35.3 Å². The minimum atomic E-state index is -0.508. The molecular weight excluding hydrogens is 705 g/mol. The Hall–Kier alpha value is -6.52. The lowest BCUT2D eigenvalue weighted by Gasteiger charge is -2.31. The molecule has 7 aromatic rings. The van der Waals surface area contributed by atoms with Gasteiger partial charge in [-0.2, -0.15) is 0 Å². The van der Waals surface area contributed by atoms with Gasteiger partial charge in [-0.1, -0.05) is 163 Å². The van der Waals surface area contributed by atoms with Gasteiger partial charge in [0.15, 0.2) is 11.7 Å². The molecule has 0 saturated carbocycles. The van der Waals surface area contributed by atoms with Crippen LogP contribution in [0.2, 0.25) is 0 Å². The van der Waals surface area contributed by atoms with Gasteiger partial charge >= 0.3 is 0 Å². The maximum atomic E-state index is 4.87. The molecule has 1 heterocycles. The summed E-state index contributed by atoms with van der Waals surface area (Å²) in [6.07, 6.45) is 5.85. The van der Waals surface area contributed by atoms with Crippen LogP contribution in [0.15, 0.2) is 162 Å². The minimum Gasteiger partial charge on any atom is -0.245 e. The minimum absolute atomic E-state index is 0.0697. The van der Waals surface area contributed by atoms with Crippen molar-refractivity contribution in [3.63, 3.8) is 0 Å². The fourth-order valence-corrected chi connectivity index (χ4v) is 8.87. The molecule has 0 N–H and O–H groups in total. The van der Waals surface area contributed by atoms with Gasteiger partial charge in [-0.05, 0) is 109 Å². The fraction of sp³-hybridized carbons (Fsp3) is 0.185. The summed E-state index contributed by atoms with van der Waals surface area (Å²) in [6, 6.07) is 48.7. The van der Waals surface area contributed by atoms with E-state index in [1.165, 1.54) is 55.6 Å². The van der Waals surface area contributed by atoms with E-state index in [0.29, 0.717) is 5.84 Å². The summed E-state index contributed by atoms with van der Waals surface area (Å²) >= 11 is 0. The number of hydrogen-bond donors (Lipinski definition) is 0. The van der Waals surface area contributed by atoms with Crippen LogP contribution in [0.4, 0.5) is 0 Å². The summed E-state index contributed by atoms with van der Waals surface area (Å²) in [5.41, 5.74) is 18.6. The van der Waals surface area contributed by atoms with Crippen molar-refractivity contribution in [2.24, 2.45) is 9.98 Å². The van der Waals surface area contributed by atoms with Crippen LogP contribution in [-0.2, 0) is 16.2 Å². The summed E-state index contributed by atoms with van der Waals surface area (Å²) in [6.45, 7) is 19.3. The average molecular weight is 753 g/mol. The maximum absolute atomic E-state index is 4.87. The van der Waals surface area contributed by atoms with Gasteiger partial charge in [0.2, 0.25) is 0 Å². The number of hydrogen-bond acceptors (Lipinski definition) is 3. The molecule has 0 saturated heterocycles. The smallest absolute Gasteiger partial charge is 0.159 e. The van der Waals surface area contributed by atoms with Crippen molar-refractivity contribution >= 4 is 18.1 Å². The highest BCUT2D eigenvalue weighted by atomic mass is 14.9. The van der Waals surface area contributed by atoms with E-state index in [9.17, 15) is 0 Å². The van der Waals surface area contributed by atoms with Crippen molar-refractivity contribution in [2.45, 2.75) is 64.7 Å². The molecule has 0 bridgehead atoms. The Morgan fingerprint density at radius 3 is 1.59 bits per heavy atom. The third kappa shape index (κ3) is 6.06. The number of nitrogens with zero attached hydrogens (tertiary/aromatic N) is 4. The quantitative estimate of drug-likeness (QED) is 0.130. The fourth-order valence-electron chi connectivity index (χ4n) is 8.87. The average Bonchev–Trinajstić information content (AvgIpc) is 3.70. The SMILES string of the molecule is C=NC(=N/C=C(\C)c1ccc2c(c1)C1(c3ccccc3-c3ccccc31)c1cc(-c3cnc(-c4ccc(C(C)(C)C)cc4)nc3)ccc1-2)c1ccc(C(C)(C)C)cc1. The first kappa shape index (κ1) is 37.1. The lowest BCUT2D eigenvalue weighted by atomic mass is 9.70. The van der Waals surface area contributed by atoms with Gasteiger partial charge < -0.3 is 0 Å². The van der Waals surface area contributed by atoms with Gasteiger partial charge in [0.05, 0.1) is 5.41 Å². The van der Waals surface area contributed by atoms with E-state index in [0.717, 1.165) is 39.2 Å². The van der Waals surface area contributed by atoms with Gasteiger partial charge in [-0.15, -0.1) is 0 Å². The van der Waals surface area contributed by atoms with Crippen LogP contribution >= 0.6 is 0 Å². The van der Waals surface area contributed by atoms with Crippen molar-refractivity contribution in [2.75, 3.05) is 0 Å². The molecule has 0 radical (unpaired) electrons. The Kier molecular flexibility index (Phi) is 8.85. The van der Waals surface area contributed by atoms with Crippen molar-refractivity contribution in [3.05, 3.63) is 197 Å². The molecule has 0 fully saturated rings. The summed E-state index contributed by atoms with van der Waals surface area (Å²) in [4.78, 5) is 18.9. The number of aliphatic imine (C=N–C) groups is 2. The third-order valence-electron chi connectivity index (χ3n) is 12.1. The zero-order valence-electron chi connectivity index (χ0n) is 34.4. The van der Waals surface area contributed by atoms with Gasteiger partial charge in [-0.25, -0.2) is 20.0 Å². The summed E-state index contributed by atoms with van der Waals surface area (Å²) in [5.74, 6) is 1.33. The predicted octanol–water partition coefficient (Wildman–Crippen LogP) is 13.3. The van der Waals surface area contributed by atoms with Crippen LogP contribution < -0.4 is 0 Å². The van der Waals surface area contributed by atoms with Gasteiger partial charge in [0.25, 0.3) is 0 Å². The van der Waals surface area contributed by atoms with Crippen LogP contribution in [-0.4, -0.2) is 22.5 Å². The van der Waals surface area contributed by atoms with E-state index in [1.54, 1.807) is 0 Å². The molecule has 2 aliphatic carbocycles. The zero-order valence-corrected chi connectivity index (χ0v) is 34.4. The van der Waals surface area contributed by atoms with Crippen LogP contribution in [0.3, 0.4) is 0 Å². The molecule has 4 nitrogen and oxygen atoms in total. The summed E-state index contributed by atoms with van der Waals surface area (Å²) < 4.78 is 0. The van der Waals surface area contributed by atoms with Crippen LogP contribution in [0.1, 0.15) is 93.0 Å². The molecule has 9 rings (SSSR count). The maximum Gasteiger partial charge on any atom is 0.159 e. The van der Waals surface area contributed by atoms with E-state index in [2.05, 4.69) is 194 Å². The van der Waals surface area contributed by atoms with Gasteiger partial charge in [-0.3, -0.25) is 0 Å². The largest absolute Gasteiger partial charge is 0.245 e. The second-order valence-corrected chi connectivity index (χ2v) is 17.7. The highest BCUT2D eigenvalue weighted by Gasteiger charge is 2.51. The number of aromatic nitrogens is 2. The molecule has 0 aliphatic heterocycles. The molecule has 6 aromatic carbocycles. The second kappa shape index (κ2) is 13.8. The Morgan fingerprint density at radius 1 is 0.534 bits per heavy atom. The summed E-state index contributed by atoms with van der Waals surface area (Å²) in [7, 11) is 0. The molecule has 0 amide bonds. The Morgan fingerprint density at radius 2 is 1.02 bits per heavy atom. The van der Waals surface area contributed by atoms with E-state index >= 15 is 0 Å². The Bertz CT molecular complexity index is 2740. The topological polar surface area (TPSA) is 50.5 Å². The molecule has 1 spiro atoms. The Labute approximate surface area is 342 Å². The first-order chi connectivity index (χ1) is 27.9. The van der Waals surface area contributed by atoms with Crippen molar-refractivity contribution in [1.29, 1.82) is 0 Å². The van der Waals surface area contributed by atoms with E-state index in [4.69, 9.17) is 15.0 Å². The van der Waals surface area contributed by atoms with E-state index in [-0.39, 0.29) is 10.8 Å². The van der Waals surface area contributed by atoms with Crippen LogP contribution in [0.5, 0.6) is 0 Å². The molecule has 1 aromatic heterocycles. The predicted molar refractivity (Wildman–Crippen MR) is 243 cm³/mol. The number of amidine groups is 1. The lowest BCUT2D eigenvalue weighted by Crippen LogP contribution is -2.26. The number of rotatable bonds is 5. The van der Waals surface area contributed by atoms with Crippen LogP contribution in [0, 0.1) is 0 Å². The molecule has 2 aliphatic rings. The number of benzene rings is 6.